The van der Waals surface area contributed by atoms with Crippen LogP contribution in [0.5, 0.6) is 5.75 Å². The number of hydrogen-bond donors (Lipinski definition) is 0. The third kappa shape index (κ3) is 5.06. The molecule has 0 unspecified atom stereocenters. The number of carbonyl (C=O) groups is 1. The Hall–Kier alpha value is -3.16. The molecule has 0 bridgehead atoms. The van der Waals surface area contributed by atoms with Crippen molar-refractivity contribution in [3.63, 3.8) is 0 Å². The first-order valence-electron chi connectivity index (χ1n) is 8.76. The van der Waals surface area contributed by atoms with Crippen LogP contribution in [0.25, 0.3) is 6.08 Å². The number of anilines is 1. The Labute approximate surface area is 179 Å². The summed E-state index contributed by atoms with van der Waals surface area (Å²) in [5.74, 6) is -0.944. The summed E-state index contributed by atoms with van der Waals surface area (Å²) in [5.41, 5.74) is 0.955. The highest BCUT2D eigenvalue weighted by molar-refractivity contribution is 7.92. The van der Waals surface area contributed by atoms with Gasteiger partial charge in [-0.1, -0.05) is 35.9 Å². The number of ether oxygens (including phenoxy) is 1. The highest BCUT2D eigenvalue weighted by Gasteiger charge is 2.20. The molecule has 0 heterocycles. The molecule has 5 nitrogen and oxygen atoms in total. The van der Waals surface area contributed by atoms with Crippen molar-refractivity contribution in [3.05, 3.63) is 95.3 Å². The van der Waals surface area contributed by atoms with Gasteiger partial charge in [0.05, 0.1) is 15.6 Å². The molecule has 0 spiro atoms. The van der Waals surface area contributed by atoms with E-state index < -0.39 is 21.8 Å². The number of carbonyl (C=O) groups excluding carboxylic acids is 1. The van der Waals surface area contributed by atoms with E-state index in [1.165, 1.54) is 73.8 Å². The lowest BCUT2D eigenvalue weighted by Gasteiger charge is -2.19. The molecule has 3 rings (SSSR count). The summed E-state index contributed by atoms with van der Waals surface area (Å²) < 4.78 is 44.8. The Morgan fingerprint density at radius 2 is 1.70 bits per heavy atom. The van der Waals surface area contributed by atoms with E-state index in [0.717, 1.165) is 4.31 Å². The predicted octanol–water partition coefficient (Wildman–Crippen LogP) is 4.92. The van der Waals surface area contributed by atoms with Crippen LogP contribution in [-0.4, -0.2) is 21.4 Å². The second kappa shape index (κ2) is 9.11. The molecule has 3 aromatic carbocycles. The van der Waals surface area contributed by atoms with Crippen LogP contribution in [0.2, 0.25) is 5.02 Å². The maximum Gasteiger partial charge on any atom is 0.336 e. The first-order chi connectivity index (χ1) is 14.3. The molecule has 0 amide bonds. The first-order valence-corrected chi connectivity index (χ1v) is 10.6. The van der Waals surface area contributed by atoms with Gasteiger partial charge in [0, 0.05) is 13.1 Å². The molecule has 0 aromatic heterocycles. The van der Waals surface area contributed by atoms with Crippen molar-refractivity contribution in [1.29, 1.82) is 0 Å². The van der Waals surface area contributed by atoms with Gasteiger partial charge in [0.25, 0.3) is 10.0 Å². The Morgan fingerprint density at radius 3 is 2.33 bits per heavy atom. The summed E-state index contributed by atoms with van der Waals surface area (Å²) >= 11 is 5.70. The van der Waals surface area contributed by atoms with Gasteiger partial charge in [0.2, 0.25) is 0 Å². The lowest BCUT2D eigenvalue weighted by Crippen LogP contribution is -2.26. The van der Waals surface area contributed by atoms with Gasteiger partial charge >= 0.3 is 5.97 Å². The van der Waals surface area contributed by atoms with E-state index >= 15 is 0 Å². The van der Waals surface area contributed by atoms with Crippen LogP contribution in [0.4, 0.5) is 10.1 Å². The Kier molecular flexibility index (Phi) is 6.54. The lowest BCUT2D eigenvalue weighted by atomic mass is 10.2. The lowest BCUT2D eigenvalue weighted by molar-refractivity contribution is -0.128. The molecule has 154 valence electrons. The number of nitrogens with zero attached hydrogens (tertiary/aromatic N) is 1. The van der Waals surface area contributed by atoms with Gasteiger partial charge < -0.3 is 4.74 Å². The van der Waals surface area contributed by atoms with Crippen molar-refractivity contribution in [2.24, 2.45) is 0 Å². The van der Waals surface area contributed by atoms with Gasteiger partial charge in [-0.05, 0) is 60.2 Å². The maximum atomic E-state index is 13.2. The minimum atomic E-state index is -3.70. The van der Waals surface area contributed by atoms with E-state index in [0.29, 0.717) is 11.3 Å². The van der Waals surface area contributed by atoms with Gasteiger partial charge in [-0.2, -0.15) is 0 Å². The number of hydrogen-bond acceptors (Lipinski definition) is 4. The molecule has 0 saturated heterocycles. The zero-order chi connectivity index (χ0) is 21.7. The van der Waals surface area contributed by atoms with Crippen LogP contribution in [0.15, 0.2) is 83.8 Å². The molecule has 0 aliphatic rings. The van der Waals surface area contributed by atoms with Gasteiger partial charge in [-0.15, -0.1) is 0 Å². The molecule has 0 radical (unpaired) electrons. The molecular weight excluding hydrogens is 429 g/mol. The molecule has 30 heavy (non-hydrogen) atoms. The van der Waals surface area contributed by atoms with Crippen molar-refractivity contribution < 1.29 is 22.3 Å². The van der Waals surface area contributed by atoms with Crippen molar-refractivity contribution in [1.82, 2.24) is 0 Å². The maximum absolute atomic E-state index is 13.2. The van der Waals surface area contributed by atoms with E-state index in [1.54, 1.807) is 18.2 Å². The zero-order valence-corrected chi connectivity index (χ0v) is 17.4. The third-order valence-corrected chi connectivity index (χ3v) is 6.27. The monoisotopic (exact) mass is 445 g/mol. The Bertz CT molecular complexity index is 1180. The second-order valence-corrected chi connectivity index (χ2v) is 8.58. The first kappa shape index (κ1) is 21.5. The van der Waals surface area contributed by atoms with Crippen molar-refractivity contribution >= 4 is 39.4 Å². The zero-order valence-electron chi connectivity index (χ0n) is 15.8. The van der Waals surface area contributed by atoms with E-state index in [1.807, 2.05) is 0 Å². The average molecular weight is 446 g/mol. The second-order valence-electron chi connectivity index (χ2n) is 6.21. The minimum absolute atomic E-state index is 0.0457. The number of halogens is 2. The fraction of sp³-hybridized carbons (Fsp3) is 0.0455. The van der Waals surface area contributed by atoms with Crippen LogP contribution in [0, 0.1) is 5.82 Å². The fourth-order valence-electron chi connectivity index (χ4n) is 2.54. The largest absolute Gasteiger partial charge is 0.423 e. The summed E-state index contributed by atoms with van der Waals surface area (Å²) in [4.78, 5) is 12.2. The number of sulfonamides is 1. The van der Waals surface area contributed by atoms with Crippen LogP contribution in [0.1, 0.15) is 5.56 Å². The number of rotatable bonds is 6. The molecule has 0 aliphatic carbocycles. The molecule has 0 N–H and O–H groups in total. The van der Waals surface area contributed by atoms with Gasteiger partial charge in [-0.3, -0.25) is 4.31 Å². The van der Waals surface area contributed by atoms with Crippen LogP contribution >= 0.6 is 11.6 Å². The summed E-state index contributed by atoms with van der Waals surface area (Å²) in [6, 6.07) is 18.2. The highest BCUT2D eigenvalue weighted by Crippen LogP contribution is 2.24. The fourth-order valence-corrected chi connectivity index (χ4v) is 3.95. The molecule has 0 atom stereocenters. The molecule has 0 aliphatic heterocycles. The third-order valence-electron chi connectivity index (χ3n) is 4.18. The molecule has 3 aromatic rings. The summed E-state index contributed by atoms with van der Waals surface area (Å²) in [6.45, 7) is 0. The number of esters is 1. The molecule has 8 heteroatoms. The molecule has 0 saturated carbocycles. The average Bonchev–Trinajstić information content (AvgIpc) is 2.75. The van der Waals surface area contributed by atoms with Gasteiger partial charge in [-0.25, -0.2) is 17.6 Å². The Balaban J connectivity index is 1.67. The standard InChI is InChI=1S/C22H17ClFNO4S/c1-25(30(27,28)19-5-3-2-4-6-19)17-9-11-18(12-10-17)29-22(26)14-8-16-7-13-21(24)20(23)15-16/h2-15H,1H3/b14-8+. The van der Waals surface area contributed by atoms with Gasteiger partial charge in [0.15, 0.2) is 0 Å². The van der Waals surface area contributed by atoms with E-state index in [2.05, 4.69) is 0 Å². The molecular formula is C22H17ClFNO4S. The SMILES string of the molecule is CN(c1ccc(OC(=O)/C=C/c2ccc(F)c(Cl)c2)cc1)S(=O)(=O)c1ccccc1. The summed E-state index contributed by atoms with van der Waals surface area (Å²) in [6.07, 6.45) is 2.63. The van der Waals surface area contributed by atoms with Crippen molar-refractivity contribution in [3.8, 4) is 5.75 Å². The quantitative estimate of drug-likeness (QED) is 0.307. The smallest absolute Gasteiger partial charge is 0.336 e. The predicted molar refractivity (Wildman–Crippen MR) is 115 cm³/mol. The molecule has 0 fully saturated rings. The normalized spacial score (nSPS) is 11.4. The summed E-state index contributed by atoms with van der Waals surface area (Å²) in [5, 5.41) is -0.0457. The topological polar surface area (TPSA) is 63.7 Å². The summed E-state index contributed by atoms with van der Waals surface area (Å²) in [7, 11) is -2.25. The Morgan fingerprint density at radius 1 is 1.03 bits per heavy atom. The van der Waals surface area contributed by atoms with Crippen LogP contribution in [0.3, 0.4) is 0 Å². The van der Waals surface area contributed by atoms with Crippen molar-refractivity contribution in [2.75, 3.05) is 11.4 Å². The number of benzene rings is 3. The van der Waals surface area contributed by atoms with E-state index in [9.17, 15) is 17.6 Å². The van der Waals surface area contributed by atoms with Gasteiger partial charge in [0.1, 0.15) is 11.6 Å². The minimum Gasteiger partial charge on any atom is -0.423 e. The van der Waals surface area contributed by atoms with Crippen molar-refractivity contribution in [2.45, 2.75) is 4.90 Å². The van der Waals surface area contributed by atoms with Crippen LogP contribution < -0.4 is 9.04 Å². The van der Waals surface area contributed by atoms with Crippen LogP contribution in [-0.2, 0) is 14.8 Å². The highest BCUT2D eigenvalue weighted by atomic mass is 35.5. The van der Waals surface area contributed by atoms with E-state index in [4.69, 9.17) is 16.3 Å². The van der Waals surface area contributed by atoms with E-state index in [-0.39, 0.29) is 15.7 Å².